The SMILES string of the molecule is COc1c(C)cc(-c2csc(N)c2)c(C)c1C. The first kappa shape index (κ1) is 12.0. The number of methoxy groups -OCH3 is 1. The van der Waals surface area contributed by atoms with Crippen LogP contribution in [0.5, 0.6) is 5.75 Å². The van der Waals surface area contributed by atoms with Crippen molar-refractivity contribution < 1.29 is 4.74 Å². The molecule has 0 atom stereocenters. The van der Waals surface area contributed by atoms with Gasteiger partial charge in [-0.2, -0.15) is 0 Å². The molecule has 2 nitrogen and oxygen atoms in total. The van der Waals surface area contributed by atoms with E-state index in [0.717, 1.165) is 16.3 Å². The van der Waals surface area contributed by atoms with Crippen LogP contribution in [-0.2, 0) is 0 Å². The molecule has 2 rings (SSSR count). The molecule has 0 aliphatic rings. The molecule has 0 aliphatic carbocycles. The third kappa shape index (κ3) is 2.03. The van der Waals surface area contributed by atoms with Crippen LogP contribution in [-0.4, -0.2) is 7.11 Å². The van der Waals surface area contributed by atoms with Crippen molar-refractivity contribution in [2.75, 3.05) is 12.8 Å². The Morgan fingerprint density at radius 3 is 2.35 bits per heavy atom. The van der Waals surface area contributed by atoms with Crippen LogP contribution in [0.2, 0.25) is 0 Å². The van der Waals surface area contributed by atoms with Crippen molar-refractivity contribution in [1.29, 1.82) is 0 Å². The number of benzene rings is 1. The van der Waals surface area contributed by atoms with Crippen molar-refractivity contribution >= 4 is 16.3 Å². The third-order valence-electron chi connectivity index (χ3n) is 3.16. The normalized spacial score (nSPS) is 10.6. The minimum absolute atomic E-state index is 0.852. The molecular weight excluding hydrogens is 230 g/mol. The zero-order chi connectivity index (χ0) is 12.6. The Hall–Kier alpha value is -1.48. The fourth-order valence-electron chi connectivity index (χ4n) is 2.17. The van der Waals surface area contributed by atoms with Crippen molar-refractivity contribution in [3.8, 4) is 16.9 Å². The van der Waals surface area contributed by atoms with Crippen LogP contribution >= 0.6 is 11.3 Å². The van der Waals surface area contributed by atoms with Gasteiger partial charge in [-0.05, 0) is 60.7 Å². The quantitative estimate of drug-likeness (QED) is 0.872. The molecule has 0 saturated carbocycles. The summed E-state index contributed by atoms with van der Waals surface area (Å²) in [6.45, 7) is 6.30. The van der Waals surface area contributed by atoms with Gasteiger partial charge in [0.2, 0.25) is 0 Å². The Kier molecular flexibility index (Phi) is 3.11. The molecule has 3 heteroatoms. The van der Waals surface area contributed by atoms with Gasteiger partial charge in [-0.1, -0.05) is 0 Å². The van der Waals surface area contributed by atoms with Gasteiger partial charge in [0.25, 0.3) is 0 Å². The molecule has 1 heterocycles. The highest BCUT2D eigenvalue weighted by Crippen LogP contribution is 2.36. The number of aryl methyl sites for hydroxylation is 1. The summed E-state index contributed by atoms with van der Waals surface area (Å²) in [6, 6.07) is 4.20. The van der Waals surface area contributed by atoms with Gasteiger partial charge >= 0.3 is 0 Å². The molecule has 0 spiro atoms. The maximum atomic E-state index is 5.79. The van der Waals surface area contributed by atoms with E-state index in [1.807, 2.05) is 6.07 Å². The predicted octanol–water partition coefficient (Wildman–Crippen LogP) is 3.93. The van der Waals surface area contributed by atoms with Crippen molar-refractivity contribution in [1.82, 2.24) is 0 Å². The maximum absolute atomic E-state index is 5.79. The first-order chi connectivity index (χ1) is 8.04. The molecule has 2 N–H and O–H groups in total. The van der Waals surface area contributed by atoms with E-state index >= 15 is 0 Å². The zero-order valence-corrected chi connectivity index (χ0v) is 11.4. The number of rotatable bonds is 2. The molecule has 90 valence electrons. The second-order valence-electron chi connectivity index (χ2n) is 4.26. The summed E-state index contributed by atoms with van der Waals surface area (Å²) in [5.41, 5.74) is 11.8. The molecule has 2 aromatic rings. The number of thiophene rings is 1. The molecule has 1 aromatic heterocycles. The molecule has 0 aliphatic heterocycles. The highest BCUT2D eigenvalue weighted by molar-refractivity contribution is 7.14. The predicted molar refractivity (Wildman–Crippen MR) is 74.9 cm³/mol. The van der Waals surface area contributed by atoms with Gasteiger partial charge in [0.15, 0.2) is 0 Å². The largest absolute Gasteiger partial charge is 0.496 e. The molecule has 1 aromatic carbocycles. The second-order valence-corrected chi connectivity index (χ2v) is 5.20. The topological polar surface area (TPSA) is 35.2 Å². The lowest BCUT2D eigenvalue weighted by Gasteiger charge is -2.15. The third-order valence-corrected chi connectivity index (χ3v) is 3.92. The Morgan fingerprint density at radius 1 is 1.12 bits per heavy atom. The summed E-state index contributed by atoms with van der Waals surface area (Å²) in [5.74, 6) is 0.981. The van der Waals surface area contributed by atoms with E-state index in [4.69, 9.17) is 10.5 Å². The molecular formula is C14H17NOS. The maximum Gasteiger partial charge on any atom is 0.124 e. The molecule has 0 radical (unpaired) electrons. The smallest absolute Gasteiger partial charge is 0.124 e. The van der Waals surface area contributed by atoms with Crippen LogP contribution in [0, 0.1) is 20.8 Å². The Balaban J connectivity index is 2.64. The summed E-state index contributed by atoms with van der Waals surface area (Å²) in [4.78, 5) is 0. The molecule has 0 unspecified atom stereocenters. The highest BCUT2D eigenvalue weighted by Gasteiger charge is 2.12. The van der Waals surface area contributed by atoms with Crippen LogP contribution in [0.3, 0.4) is 0 Å². The van der Waals surface area contributed by atoms with Gasteiger partial charge in [-0.15, -0.1) is 11.3 Å². The second kappa shape index (κ2) is 4.41. The fraction of sp³-hybridized carbons (Fsp3) is 0.286. The average Bonchev–Trinajstić information content (AvgIpc) is 2.71. The van der Waals surface area contributed by atoms with Gasteiger partial charge in [-0.3, -0.25) is 0 Å². The van der Waals surface area contributed by atoms with Crippen LogP contribution < -0.4 is 10.5 Å². The monoisotopic (exact) mass is 247 g/mol. The van der Waals surface area contributed by atoms with Crippen LogP contribution in [0.4, 0.5) is 5.00 Å². The van der Waals surface area contributed by atoms with E-state index in [-0.39, 0.29) is 0 Å². The van der Waals surface area contributed by atoms with E-state index in [1.54, 1.807) is 18.4 Å². The van der Waals surface area contributed by atoms with E-state index in [1.165, 1.54) is 22.3 Å². The van der Waals surface area contributed by atoms with Gasteiger partial charge in [0.1, 0.15) is 5.75 Å². The molecule has 0 saturated heterocycles. The van der Waals surface area contributed by atoms with Crippen LogP contribution in [0.1, 0.15) is 16.7 Å². The Bertz CT molecular complexity index is 558. The zero-order valence-electron chi connectivity index (χ0n) is 10.6. The van der Waals surface area contributed by atoms with E-state index in [0.29, 0.717) is 0 Å². The summed E-state index contributed by atoms with van der Waals surface area (Å²) < 4.78 is 5.43. The Labute approximate surface area is 106 Å². The summed E-state index contributed by atoms with van der Waals surface area (Å²) in [6.07, 6.45) is 0. The van der Waals surface area contributed by atoms with Gasteiger partial charge < -0.3 is 10.5 Å². The first-order valence-electron chi connectivity index (χ1n) is 5.53. The fourth-order valence-corrected chi connectivity index (χ4v) is 2.82. The van der Waals surface area contributed by atoms with E-state index in [9.17, 15) is 0 Å². The Morgan fingerprint density at radius 2 is 1.82 bits per heavy atom. The average molecular weight is 247 g/mol. The van der Waals surface area contributed by atoms with E-state index in [2.05, 4.69) is 32.2 Å². The number of nitrogen functional groups attached to an aromatic ring is 1. The van der Waals surface area contributed by atoms with Crippen LogP contribution in [0.15, 0.2) is 17.5 Å². The number of ether oxygens (including phenoxy) is 1. The lowest BCUT2D eigenvalue weighted by molar-refractivity contribution is 0.408. The summed E-state index contributed by atoms with van der Waals surface area (Å²) in [7, 11) is 1.72. The number of nitrogens with two attached hydrogens (primary N) is 1. The first-order valence-corrected chi connectivity index (χ1v) is 6.41. The number of anilines is 1. The summed E-state index contributed by atoms with van der Waals surface area (Å²) >= 11 is 1.58. The minimum atomic E-state index is 0.852. The highest BCUT2D eigenvalue weighted by atomic mass is 32.1. The summed E-state index contributed by atoms with van der Waals surface area (Å²) in [5, 5.41) is 2.95. The van der Waals surface area contributed by atoms with Crippen molar-refractivity contribution in [3.63, 3.8) is 0 Å². The van der Waals surface area contributed by atoms with Crippen molar-refractivity contribution in [3.05, 3.63) is 34.2 Å². The molecule has 0 fully saturated rings. The lowest BCUT2D eigenvalue weighted by Crippen LogP contribution is -1.96. The van der Waals surface area contributed by atoms with Gasteiger partial charge in [0, 0.05) is 5.38 Å². The molecule has 0 amide bonds. The van der Waals surface area contributed by atoms with Crippen molar-refractivity contribution in [2.45, 2.75) is 20.8 Å². The van der Waals surface area contributed by atoms with Crippen LogP contribution in [0.25, 0.3) is 11.1 Å². The molecule has 17 heavy (non-hydrogen) atoms. The minimum Gasteiger partial charge on any atom is -0.496 e. The van der Waals surface area contributed by atoms with Crippen molar-refractivity contribution in [2.24, 2.45) is 0 Å². The standard InChI is InChI=1S/C14H17NOS/c1-8-5-12(11-6-13(15)17-7-11)9(2)10(3)14(8)16-4/h5-7H,15H2,1-4H3. The molecule has 0 bridgehead atoms. The number of hydrogen-bond acceptors (Lipinski definition) is 3. The van der Waals surface area contributed by atoms with Gasteiger partial charge in [-0.25, -0.2) is 0 Å². The number of hydrogen-bond donors (Lipinski definition) is 1. The van der Waals surface area contributed by atoms with E-state index < -0.39 is 0 Å². The lowest BCUT2D eigenvalue weighted by atomic mass is 9.95. The van der Waals surface area contributed by atoms with Gasteiger partial charge in [0.05, 0.1) is 12.1 Å².